The van der Waals surface area contributed by atoms with E-state index >= 15 is 0 Å². The van der Waals surface area contributed by atoms with Crippen LogP contribution in [0.4, 0.5) is 5.13 Å². The summed E-state index contributed by atoms with van der Waals surface area (Å²) in [5, 5.41) is 45.4. The van der Waals surface area contributed by atoms with Crippen LogP contribution in [0.25, 0.3) is 0 Å². The number of aliphatic hydroxyl groups excluding tert-OH is 1. The standard InChI is InChI=1S/C16H18BN7O5S/c18-16-19-9(7-30-16)6-24-12(21-22-23-24)5-13(25)20-11-4-8-2-1-3-10(15(26)27)14(8)29-17(11)28/h1-3,7,11,15,26-28H,4-6H2,(H2,18,19)(H,20,25)/t11-/m0/s1. The lowest BCUT2D eigenvalue weighted by atomic mass is 9.72. The van der Waals surface area contributed by atoms with Gasteiger partial charge in [0, 0.05) is 10.9 Å². The van der Waals surface area contributed by atoms with Crippen LogP contribution in [-0.2, 0) is 24.2 Å². The minimum Gasteiger partial charge on any atom is -0.534 e. The summed E-state index contributed by atoms with van der Waals surface area (Å²) in [6.45, 7) is 0.276. The minimum absolute atomic E-state index is 0.113. The van der Waals surface area contributed by atoms with Gasteiger partial charge in [-0.2, -0.15) is 0 Å². The van der Waals surface area contributed by atoms with Gasteiger partial charge in [-0.25, -0.2) is 9.67 Å². The lowest BCUT2D eigenvalue weighted by Crippen LogP contribution is -2.53. The summed E-state index contributed by atoms with van der Waals surface area (Å²) in [6, 6.07) is 4.87. The molecular weight excluding hydrogens is 413 g/mol. The second-order valence-corrected chi connectivity index (χ2v) is 7.59. The Hall–Kier alpha value is -3.07. The highest BCUT2D eigenvalue weighted by Crippen LogP contribution is 2.32. The first kappa shape index (κ1) is 20.2. The number of tetrazole rings is 1. The lowest BCUT2D eigenvalue weighted by molar-refractivity contribution is -0.121. The van der Waals surface area contributed by atoms with E-state index in [4.69, 9.17) is 10.4 Å². The monoisotopic (exact) mass is 431 g/mol. The van der Waals surface area contributed by atoms with Crippen LogP contribution in [0.2, 0.25) is 0 Å². The number of benzene rings is 1. The van der Waals surface area contributed by atoms with E-state index in [1.54, 1.807) is 17.5 Å². The summed E-state index contributed by atoms with van der Waals surface area (Å²) in [4.78, 5) is 16.7. The maximum atomic E-state index is 12.5. The van der Waals surface area contributed by atoms with E-state index in [9.17, 15) is 20.0 Å². The van der Waals surface area contributed by atoms with Gasteiger partial charge >= 0.3 is 7.12 Å². The predicted molar refractivity (Wildman–Crippen MR) is 105 cm³/mol. The molecule has 0 bridgehead atoms. The number of anilines is 1. The highest BCUT2D eigenvalue weighted by atomic mass is 32.1. The van der Waals surface area contributed by atoms with Crippen molar-refractivity contribution in [1.29, 1.82) is 0 Å². The molecule has 1 aromatic carbocycles. The number of carbonyl (C=O) groups excluding carboxylic acids is 1. The fourth-order valence-electron chi connectivity index (χ4n) is 3.20. The third kappa shape index (κ3) is 4.26. The Morgan fingerprint density at radius 2 is 2.30 bits per heavy atom. The number of nitrogens with one attached hydrogen (secondary N) is 1. The summed E-state index contributed by atoms with van der Waals surface area (Å²) >= 11 is 1.30. The van der Waals surface area contributed by atoms with Gasteiger partial charge in [-0.15, -0.1) is 16.4 Å². The van der Waals surface area contributed by atoms with Crippen molar-refractivity contribution in [1.82, 2.24) is 30.5 Å². The smallest absolute Gasteiger partial charge is 0.534 e. The van der Waals surface area contributed by atoms with Crippen molar-refractivity contribution in [3.8, 4) is 5.75 Å². The molecule has 6 N–H and O–H groups in total. The summed E-state index contributed by atoms with van der Waals surface area (Å²) in [5.41, 5.74) is 7.10. The normalized spacial score (nSPS) is 15.7. The van der Waals surface area contributed by atoms with Crippen LogP contribution in [-0.4, -0.2) is 59.4 Å². The molecule has 0 spiro atoms. The number of hydrogen-bond acceptors (Lipinski definition) is 11. The van der Waals surface area contributed by atoms with Crippen molar-refractivity contribution in [2.45, 2.75) is 31.6 Å². The number of carbonyl (C=O) groups is 1. The highest BCUT2D eigenvalue weighted by Gasteiger charge is 2.37. The van der Waals surface area contributed by atoms with Gasteiger partial charge in [0.2, 0.25) is 5.91 Å². The number of fused-ring (bicyclic) bond motifs is 1. The van der Waals surface area contributed by atoms with Crippen LogP contribution in [0.5, 0.6) is 5.75 Å². The maximum absolute atomic E-state index is 12.5. The summed E-state index contributed by atoms with van der Waals surface area (Å²) in [6.07, 6.45) is -1.59. The van der Waals surface area contributed by atoms with E-state index in [1.807, 2.05) is 0 Å². The average molecular weight is 431 g/mol. The lowest BCUT2D eigenvalue weighted by Gasteiger charge is -2.29. The van der Waals surface area contributed by atoms with E-state index < -0.39 is 25.3 Å². The van der Waals surface area contributed by atoms with Gasteiger partial charge in [-0.3, -0.25) is 4.79 Å². The molecule has 3 heterocycles. The van der Waals surface area contributed by atoms with Gasteiger partial charge in [0.25, 0.3) is 0 Å². The first-order valence-corrected chi connectivity index (χ1v) is 9.85. The van der Waals surface area contributed by atoms with Crippen LogP contribution < -0.4 is 15.7 Å². The molecule has 3 aromatic rings. The van der Waals surface area contributed by atoms with Gasteiger partial charge in [-0.05, 0) is 22.4 Å². The quantitative estimate of drug-likeness (QED) is 0.226. The zero-order valence-electron chi connectivity index (χ0n) is 15.5. The number of hydrogen-bond donors (Lipinski definition) is 5. The van der Waals surface area contributed by atoms with Crippen molar-refractivity contribution < 1.29 is 24.7 Å². The Morgan fingerprint density at radius 3 is 3.03 bits per heavy atom. The number of thiazole rings is 1. The molecule has 2 aromatic heterocycles. The van der Waals surface area contributed by atoms with E-state index in [1.165, 1.54) is 22.1 Å². The number of nitrogens with zero attached hydrogens (tertiary/aromatic N) is 5. The Kier molecular flexibility index (Phi) is 5.63. The Bertz CT molecular complexity index is 1060. The fraction of sp³-hybridized carbons (Fsp3) is 0.312. The van der Waals surface area contributed by atoms with Crippen molar-refractivity contribution in [3.05, 3.63) is 46.2 Å². The Morgan fingerprint density at radius 1 is 1.47 bits per heavy atom. The van der Waals surface area contributed by atoms with Crippen LogP contribution >= 0.6 is 11.3 Å². The SMILES string of the molecule is Nc1nc(Cn2nnnc2CC(=O)N[C@H]2Cc3cccc(C(O)O)c3OB2O)cs1. The number of para-hydroxylation sites is 1. The third-order valence-electron chi connectivity index (χ3n) is 4.58. The molecule has 1 atom stereocenters. The Labute approximate surface area is 174 Å². The van der Waals surface area contributed by atoms with E-state index in [2.05, 4.69) is 25.8 Å². The Balaban J connectivity index is 1.42. The van der Waals surface area contributed by atoms with Crippen molar-refractivity contribution in [2.24, 2.45) is 0 Å². The van der Waals surface area contributed by atoms with Crippen molar-refractivity contribution in [2.75, 3.05) is 5.73 Å². The molecule has 12 nitrogen and oxygen atoms in total. The zero-order chi connectivity index (χ0) is 21.3. The first-order chi connectivity index (χ1) is 14.4. The molecule has 4 rings (SSSR count). The second kappa shape index (κ2) is 8.35. The molecule has 1 amide bonds. The van der Waals surface area contributed by atoms with Crippen molar-refractivity contribution in [3.63, 3.8) is 0 Å². The first-order valence-electron chi connectivity index (χ1n) is 8.97. The van der Waals surface area contributed by atoms with Crippen LogP contribution in [0, 0.1) is 0 Å². The molecule has 0 radical (unpaired) electrons. The summed E-state index contributed by atoms with van der Waals surface area (Å²) in [7, 11) is -1.35. The van der Waals surface area contributed by atoms with Crippen LogP contribution in [0.1, 0.15) is 28.9 Å². The predicted octanol–water partition coefficient (Wildman–Crippen LogP) is -1.57. The van der Waals surface area contributed by atoms with Crippen LogP contribution in [0.15, 0.2) is 23.6 Å². The van der Waals surface area contributed by atoms with E-state index in [-0.39, 0.29) is 30.7 Å². The number of aliphatic hydroxyl groups is 2. The number of amides is 1. The van der Waals surface area contributed by atoms with Gasteiger partial charge in [0.15, 0.2) is 17.2 Å². The number of rotatable bonds is 6. The number of aromatic nitrogens is 5. The minimum atomic E-state index is -1.73. The molecule has 0 saturated carbocycles. The van der Waals surface area contributed by atoms with Gasteiger partial charge in [-0.1, -0.05) is 18.2 Å². The summed E-state index contributed by atoms with van der Waals surface area (Å²) < 4.78 is 6.88. The maximum Gasteiger partial charge on any atom is 0.547 e. The zero-order valence-corrected chi connectivity index (χ0v) is 16.4. The highest BCUT2D eigenvalue weighted by molar-refractivity contribution is 7.13. The molecule has 0 saturated heterocycles. The topological polar surface area (TPSA) is 182 Å². The van der Waals surface area contributed by atoms with Crippen molar-refractivity contribution >= 4 is 29.5 Å². The van der Waals surface area contributed by atoms with Crippen LogP contribution in [0.3, 0.4) is 0 Å². The third-order valence-corrected chi connectivity index (χ3v) is 5.30. The molecule has 0 unspecified atom stereocenters. The van der Waals surface area contributed by atoms with Gasteiger partial charge in [0.1, 0.15) is 5.75 Å². The summed E-state index contributed by atoms with van der Waals surface area (Å²) in [5.74, 6) is -0.592. The average Bonchev–Trinajstić information content (AvgIpc) is 3.30. The molecular formula is C16H18BN7O5S. The van der Waals surface area contributed by atoms with E-state index in [0.29, 0.717) is 22.2 Å². The second-order valence-electron chi connectivity index (χ2n) is 6.70. The molecule has 1 aliphatic rings. The molecule has 0 fully saturated rings. The molecule has 1 aliphatic heterocycles. The number of nitrogen functional groups attached to an aromatic ring is 1. The van der Waals surface area contributed by atoms with E-state index in [0.717, 1.165) is 0 Å². The fourth-order valence-corrected chi connectivity index (χ4v) is 3.75. The molecule has 14 heteroatoms. The number of nitrogens with two attached hydrogens (primary N) is 1. The van der Waals surface area contributed by atoms with Gasteiger partial charge in [0.05, 0.1) is 24.6 Å². The largest absolute Gasteiger partial charge is 0.547 e. The molecule has 156 valence electrons. The molecule has 0 aliphatic carbocycles. The van der Waals surface area contributed by atoms with Gasteiger partial charge < -0.3 is 30.9 Å². The molecule has 30 heavy (non-hydrogen) atoms.